The van der Waals surface area contributed by atoms with Crippen LogP contribution in [0.2, 0.25) is 0 Å². The van der Waals surface area contributed by atoms with Crippen molar-refractivity contribution < 1.29 is 13.9 Å². The number of hydrogen-bond donors (Lipinski definition) is 0. The highest BCUT2D eigenvalue weighted by Crippen LogP contribution is 2.42. The third-order valence-electron chi connectivity index (χ3n) is 6.66. The van der Waals surface area contributed by atoms with E-state index in [9.17, 15) is 9.18 Å². The Morgan fingerprint density at radius 2 is 1.80 bits per heavy atom. The summed E-state index contributed by atoms with van der Waals surface area (Å²) in [5.74, 6) is 1.50. The van der Waals surface area contributed by atoms with Crippen LogP contribution in [0.1, 0.15) is 37.3 Å². The highest BCUT2D eigenvalue weighted by atomic mass is 19.1. The molecule has 0 radical (unpaired) electrons. The third-order valence-corrected chi connectivity index (χ3v) is 6.66. The van der Waals surface area contributed by atoms with E-state index in [0.717, 1.165) is 43.9 Å². The van der Waals surface area contributed by atoms with E-state index in [0.29, 0.717) is 5.92 Å². The molecule has 1 amide bonds. The first-order valence-corrected chi connectivity index (χ1v) is 10.9. The SMILES string of the molecule is COc1ccc(CN2CC[C@@H]3[C@H](C2)[C@@H](c2ccc(F)cc2)CN3C(=O)C(C)C)cc1. The van der Waals surface area contributed by atoms with Crippen LogP contribution in [0, 0.1) is 17.7 Å². The molecule has 2 saturated heterocycles. The zero-order chi connectivity index (χ0) is 21.3. The molecule has 0 aliphatic carbocycles. The lowest BCUT2D eigenvalue weighted by atomic mass is 9.81. The summed E-state index contributed by atoms with van der Waals surface area (Å²) in [4.78, 5) is 17.5. The van der Waals surface area contributed by atoms with Crippen LogP contribution in [0.15, 0.2) is 48.5 Å². The number of ether oxygens (including phenoxy) is 1. The number of benzene rings is 2. The molecule has 0 saturated carbocycles. The average Bonchev–Trinajstić information content (AvgIpc) is 3.13. The maximum atomic E-state index is 13.5. The van der Waals surface area contributed by atoms with Gasteiger partial charge < -0.3 is 9.64 Å². The second-order valence-corrected chi connectivity index (χ2v) is 8.91. The third kappa shape index (κ3) is 4.22. The van der Waals surface area contributed by atoms with Gasteiger partial charge in [0.1, 0.15) is 11.6 Å². The molecule has 0 bridgehead atoms. The quantitative estimate of drug-likeness (QED) is 0.737. The van der Waals surface area contributed by atoms with E-state index in [2.05, 4.69) is 21.9 Å². The molecular formula is C25H31FN2O2. The van der Waals surface area contributed by atoms with Gasteiger partial charge in [0.15, 0.2) is 0 Å². The molecule has 2 aromatic carbocycles. The smallest absolute Gasteiger partial charge is 0.225 e. The average molecular weight is 411 g/mol. The number of methoxy groups -OCH3 is 1. The minimum absolute atomic E-state index is 0.00468. The number of hydrogen-bond acceptors (Lipinski definition) is 3. The highest BCUT2D eigenvalue weighted by molar-refractivity contribution is 5.79. The summed E-state index contributed by atoms with van der Waals surface area (Å²) in [6, 6.07) is 15.4. The van der Waals surface area contributed by atoms with Gasteiger partial charge in [0.05, 0.1) is 7.11 Å². The van der Waals surface area contributed by atoms with Crippen molar-refractivity contribution in [3.8, 4) is 5.75 Å². The molecule has 4 nitrogen and oxygen atoms in total. The van der Waals surface area contributed by atoms with Crippen LogP contribution in [-0.4, -0.2) is 48.5 Å². The topological polar surface area (TPSA) is 32.8 Å². The van der Waals surface area contributed by atoms with Gasteiger partial charge in [-0.2, -0.15) is 0 Å². The van der Waals surface area contributed by atoms with Crippen molar-refractivity contribution in [2.75, 3.05) is 26.7 Å². The molecule has 30 heavy (non-hydrogen) atoms. The molecule has 2 heterocycles. The van der Waals surface area contributed by atoms with Crippen LogP contribution in [0.4, 0.5) is 4.39 Å². The number of likely N-dealkylation sites (tertiary alicyclic amines) is 2. The summed E-state index contributed by atoms with van der Waals surface area (Å²) in [5.41, 5.74) is 2.40. The van der Waals surface area contributed by atoms with Gasteiger partial charge in [-0.1, -0.05) is 38.1 Å². The fraction of sp³-hybridized carbons (Fsp3) is 0.480. The summed E-state index contributed by atoms with van der Waals surface area (Å²) >= 11 is 0. The molecule has 0 aromatic heterocycles. The number of carbonyl (C=O) groups excluding carboxylic acids is 1. The van der Waals surface area contributed by atoms with Crippen LogP contribution in [0.5, 0.6) is 5.75 Å². The number of piperidine rings is 1. The van der Waals surface area contributed by atoms with Crippen molar-refractivity contribution in [1.82, 2.24) is 9.80 Å². The number of carbonyl (C=O) groups is 1. The van der Waals surface area contributed by atoms with Gasteiger partial charge in [0, 0.05) is 50.0 Å². The summed E-state index contributed by atoms with van der Waals surface area (Å²) in [7, 11) is 1.68. The minimum atomic E-state index is -0.215. The molecule has 5 heteroatoms. The molecule has 4 rings (SSSR count). The van der Waals surface area contributed by atoms with Gasteiger partial charge in [0.25, 0.3) is 0 Å². The number of amides is 1. The number of rotatable bonds is 5. The Balaban J connectivity index is 1.54. The first-order valence-electron chi connectivity index (χ1n) is 10.9. The van der Waals surface area contributed by atoms with Gasteiger partial charge in [0.2, 0.25) is 5.91 Å². The predicted octanol–water partition coefficient (Wildman–Crippen LogP) is 4.31. The summed E-state index contributed by atoms with van der Waals surface area (Å²) in [6.07, 6.45) is 0.983. The monoisotopic (exact) mass is 410 g/mol. The Bertz CT molecular complexity index is 866. The van der Waals surface area contributed by atoms with Crippen molar-refractivity contribution >= 4 is 5.91 Å². The Morgan fingerprint density at radius 3 is 2.43 bits per heavy atom. The fourth-order valence-corrected chi connectivity index (χ4v) is 5.09. The van der Waals surface area contributed by atoms with Crippen molar-refractivity contribution in [2.24, 2.45) is 11.8 Å². The number of nitrogens with zero attached hydrogens (tertiary/aromatic N) is 2. The Labute approximate surface area is 178 Å². The predicted molar refractivity (Wildman–Crippen MR) is 116 cm³/mol. The van der Waals surface area contributed by atoms with Crippen molar-refractivity contribution in [1.29, 1.82) is 0 Å². The second-order valence-electron chi connectivity index (χ2n) is 8.91. The van der Waals surface area contributed by atoms with Crippen LogP contribution < -0.4 is 4.74 Å². The van der Waals surface area contributed by atoms with Crippen LogP contribution in [0.25, 0.3) is 0 Å². The minimum Gasteiger partial charge on any atom is -0.497 e. The number of halogens is 1. The van der Waals surface area contributed by atoms with Gasteiger partial charge in [-0.3, -0.25) is 9.69 Å². The van der Waals surface area contributed by atoms with E-state index < -0.39 is 0 Å². The van der Waals surface area contributed by atoms with Gasteiger partial charge in [-0.15, -0.1) is 0 Å². The fourth-order valence-electron chi connectivity index (χ4n) is 5.09. The molecule has 160 valence electrons. The zero-order valence-electron chi connectivity index (χ0n) is 18.1. The van der Waals surface area contributed by atoms with Crippen LogP contribution in [0.3, 0.4) is 0 Å². The van der Waals surface area contributed by atoms with E-state index in [1.807, 2.05) is 38.1 Å². The molecule has 0 unspecified atom stereocenters. The lowest BCUT2D eigenvalue weighted by Crippen LogP contribution is -2.48. The second kappa shape index (κ2) is 8.76. The highest BCUT2D eigenvalue weighted by Gasteiger charge is 2.47. The summed E-state index contributed by atoms with van der Waals surface area (Å²) in [6.45, 7) is 7.49. The molecule has 2 fully saturated rings. The molecule has 0 N–H and O–H groups in total. The zero-order valence-corrected chi connectivity index (χ0v) is 18.1. The van der Waals surface area contributed by atoms with Gasteiger partial charge in [-0.25, -0.2) is 4.39 Å². The van der Waals surface area contributed by atoms with Gasteiger partial charge >= 0.3 is 0 Å². The Hall–Kier alpha value is -2.40. The van der Waals surface area contributed by atoms with Gasteiger partial charge in [-0.05, 0) is 41.8 Å². The standard InChI is InChI=1S/C25H31FN2O2/c1-17(2)25(29)28-16-22(19-6-8-20(26)9-7-19)23-15-27(13-12-24(23)28)14-18-4-10-21(30-3)11-5-18/h4-11,17,22-24H,12-16H2,1-3H3/t22-,23-,24-/m1/s1. The van der Waals surface area contributed by atoms with E-state index in [1.165, 1.54) is 17.7 Å². The summed E-state index contributed by atoms with van der Waals surface area (Å²) in [5, 5.41) is 0. The molecule has 2 aromatic rings. The largest absolute Gasteiger partial charge is 0.497 e. The van der Waals surface area contributed by atoms with Crippen molar-refractivity contribution in [3.05, 3.63) is 65.5 Å². The molecule has 2 aliphatic rings. The lowest BCUT2D eigenvalue weighted by Gasteiger charge is -2.39. The van der Waals surface area contributed by atoms with Crippen LogP contribution >= 0.6 is 0 Å². The van der Waals surface area contributed by atoms with E-state index in [-0.39, 0.29) is 29.6 Å². The Kier molecular flexibility index (Phi) is 6.09. The first-order chi connectivity index (χ1) is 14.5. The van der Waals surface area contributed by atoms with E-state index >= 15 is 0 Å². The summed E-state index contributed by atoms with van der Waals surface area (Å²) < 4.78 is 18.8. The van der Waals surface area contributed by atoms with E-state index in [1.54, 1.807) is 7.11 Å². The molecular weight excluding hydrogens is 379 g/mol. The molecule has 3 atom stereocenters. The van der Waals surface area contributed by atoms with Crippen molar-refractivity contribution in [3.63, 3.8) is 0 Å². The lowest BCUT2D eigenvalue weighted by molar-refractivity contribution is -0.136. The molecule has 0 spiro atoms. The normalized spacial score (nSPS) is 24.2. The maximum absolute atomic E-state index is 13.5. The van der Waals surface area contributed by atoms with E-state index in [4.69, 9.17) is 4.74 Å². The Morgan fingerprint density at radius 1 is 1.10 bits per heavy atom. The van der Waals surface area contributed by atoms with Crippen molar-refractivity contribution in [2.45, 2.75) is 38.8 Å². The maximum Gasteiger partial charge on any atom is 0.225 e. The number of fused-ring (bicyclic) bond motifs is 1. The van der Waals surface area contributed by atoms with Crippen LogP contribution in [-0.2, 0) is 11.3 Å². The first kappa shape index (κ1) is 20.9. The molecule has 2 aliphatic heterocycles.